The second-order valence-electron chi connectivity index (χ2n) is 3.27. The fraction of sp³-hybridized carbons (Fsp3) is 0.455. The van der Waals surface area contributed by atoms with Crippen LogP contribution in [0.5, 0.6) is 0 Å². The van der Waals surface area contributed by atoms with Crippen LogP contribution in [0.2, 0.25) is 0 Å². The van der Waals surface area contributed by atoms with E-state index < -0.39 is 0 Å². The van der Waals surface area contributed by atoms with Crippen molar-refractivity contribution in [3.63, 3.8) is 0 Å². The molecule has 0 bridgehead atoms. The van der Waals surface area contributed by atoms with E-state index in [1.54, 1.807) is 0 Å². The van der Waals surface area contributed by atoms with Gasteiger partial charge in [0.1, 0.15) is 5.82 Å². The molecule has 0 radical (unpaired) electrons. The van der Waals surface area contributed by atoms with Gasteiger partial charge in [0.25, 0.3) is 0 Å². The van der Waals surface area contributed by atoms with Crippen molar-refractivity contribution in [3.05, 3.63) is 34.1 Å². The summed E-state index contributed by atoms with van der Waals surface area (Å²) in [5, 5.41) is 0.659. The SMILES string of the molecule is CCC(C)SCc1ccc(F)cc1Br. The Morgan fingerprint density at radius 3 is 2.79 bits per heavy atom. The van der Waals surface area contributed by atoms with Gasteiger partial charge in [-0.25, -0.2) is 4.39 Å². The molecule has 1 atom stereocenters. The molecule has 0 spiro atoms. The Labute approximate surface area is 97.4 Å². The summed E-state index contributed by atoms with van der Waals surface area (Å²) in [4.78, 5) is 0. The predicted molar refractivity (Wildman–Crippen MR) is 65.1 cm³/mol. The average Bonchev–Trinajstić information content (AvgIpc) is 2.16. The first kappa shape index (κ1) is 12.1. The molecule has 0 nitrogen and oxygen atoms in total. The molecular formula is C11H14BrFS. The van der Waals surface area contributed by atoms with Gasteiger partial charge in [-0.3, -0.25) is 0 Å². The normalized spacial score (nSPS) is 12.9. The number of thioether (sulfide) groups is 1. The third-order valence-corrected chi connectivity index (χ3v) is 4.23. The van der Waals surface area contributed by atoms with Gasteiger partial charge in [0.05, 0.1) is 0 Å². The Hall–Kier alpha value is -0.0200. The Bertz CT molecular complexity index is 301. The first-order valence-corrected chi connectivity index (χ1v) is 6.53. The van der Waals surface area contributed by atoms with Crippen molar-refractivity contribution >= 4 is 27.7 Å². The third-order valence-electron chi connectivity index (χ3n) is 2.11. The highest BCUT2D eigenvalue weighted by Crippen LogP contribution is 2.25. The summed E-state index contributed by atoms with van der Waals surface area (Å²) >= 11 is 5.26. The van der Waals surface area contributed by atoms with Crippen LogP contribution in [0, 0.1) is 5.82 Å². The van der Waals surface area contributed by atoms with Crippen LogP contribution < -0.4 is 0 Å². The molecule has 1 aromatic carbocycles. The van der Waals surface area contributed by atoms with Crippen molar-refractivity contribution < 1.29 is 4.39 Å². The van der Waals surface area contributed by atoms with Gasteiger partial charge in [0.2, 0.25) is 0 Å². The highest BCUT2D eigenvalue weighted by molar-refractivity contribution is 9.10. The topological polar surface area (TPSA) is 0 Å². The quantitative estimate of drug-likeness (QED) is 0.773. The van der Waals surface area contributed by atoms with Crippen molar-refractivity contribution in [2.45, 2.75) is 31.3 Å². The van der Waals surface area contributed by atoms with Gasteiger partial charge < -0.3 is 0 Å². The van der Waals surface area contributed by atoms with Crippen LogP contribution in [0.25, 0.3) is 0 Å². The highest BCUT2D eigenvalue weighted by atomic mass is 79.9. The summed E-state index contributed by atoms with van der Waals surface area (Å²) in [5.74, 6) is 0.754. The van der Waals surface area contributed by atoms with E-state index in [4.69, 9.17) is 0 Å². The molecule has 78 valence electrons. The Balaban J connectivity index is 2.59. The van der Waals surface area contributed by atoms with E-state index in [-0.39, 0.29) is 5.82 Å². The zero-order valence-corrected chi connectivity index (χ0v) is 10.8. The van der Waals surface area contributed by atoms with Crippen molar-refractivity contribution in [2.75, 3.05) is 0 Å². The maximum atomic E-state index is 12.8. The van der Waals surface area contributed by atoms with Crippen LogP contribution in [0.3, 0.4) is 0 Å². The van der Waals surface area contributed by atoms with Crippen LogP contribution in [-0.2, 0) is 5.75 Å². The standard InChI is InChI=1S/C11H14BrFS/c1-3-8(2)14-7-9-4-5-10(13)6-11(9)12/h4-6,8H,3,7H2,1-2H3. The molecule has 0 fully saturated rings. The van der Waals surface area contributed by atoms with Gasteiger partial charge in [-0.1, -0.05) is 35.8 Å². The van der Waals surface area contributed by atoms with E-state index in [1.807, 2.05) is 17.8 Å². The zero-order chi connectivity index (χ0) is 10.6. The molecule has 1 unspecified atom stereocenters. The van der Waals surface area contributed by atoms with Gasteiger partial charge in [-0.15, -0.1) is 0 Å². The number of benzene rings is 1. The summed E-state index contributed by atoms with van der Waals surface area (Å²) in [6.07, 6.45) is 1.17. The molecule has 0 saturated carbocycles. The fourth-order valence-corrected chi connectivity index (χ4v) is 2.62. The maximum Gasteiger partial charge on any atom is 0.124 e. The highest BCUT2D eigenvalue weighted by Gasteiger charge is 2.04. The monoisotopic (exact) mass is 276 g/mol. The molecule has 0 amide bonds. The summed E-state index contributed by atoms with van der Waals surface area (Å²) in [6, 6.07) is 4.87. The molecular weight excluding hydrogens is 263 g/mol. The fourth-order valence-electron chi connectivity index (χ4n) is 0.989. The lowest BCUT2D eigenvalue weighted by atomic mass is 10.2. The predicted octanol–water partition coefficient (Wildman–Crippen LogP) is 4.62. The summed E-state index contributed by atoms with van der Waals surface area (Å²) in [5.41, 5.74) is 1.16. The summed E-state index contributed by atoms with van der Waals surface area (Å²) in [6.45, 7) is 4.39. The van der Waals surface area contributed by atoms with Crippen molar-refractivity contribution in [1.29, 1.82) is 0 Å². The van der Waals surface area contributed by atoms with Gasteiger partial charge in [-0.2, -0.15) is 11.8 Å². The van der Waals surface area contributed by atoms with Crippen molar-refractivity contribution in [2.24, 2.45) is 0 Å². The summed E-state index contributed by atoms with van der Waals surface area (Å²) in [7, 11) is 0. The first-order chi connectivity index (χ1) is 6.63. The molecule has 0 aliphatic heterocycles. The van der Waals surface area contributed by atoms with Gasteiger partial charge in [0, 0.05) is 15.5 Å². The van der Waals surface area contributed by atoms with E-state index in [9.17, 15) is 4.39 Å². The van der Waals surface area contributed by atoms with E-state index in [0.29, 0.717) is 5.25 Å². The van der Waals surface area contributed by atoms with E-state index in [2.05, 4.69) is 29.8 Å². The number of halogens is 2. The van der Waals surface area contributed by atoms with E-state index in [1.165, 1.54) is 18.6 Å². The molecule has 0 saturated heterocycles. The van der Waals surface area contributed by atoms with E-state index in [0.717, 1.165) is 15.8 Å². The second-order valence-corrected chi connectivity index (χ2v) is 5.55. The van der Waals surface area contributed by atoms with Crippen molar-refractivity contribution in [1.82, 2.24) is 0 Å². The van der Waals surface area contributed by atoms with Crippen LogP contribution in [0.1, 0.15) is 25.8 Å². The minimum absolute atomic E-state index is 0.186. The number of rotatable bonds is 4. The number of hydrogen-bond donors (Lipinski definition) is 0. The molecule has 0 aliphatic carbocycles. The molecule has 1 rings (SSSR count). The second kappa shape index (κ2) is 5.76. The van der Waals surface area contributed by atoms with Crippen molar-refractivity contribution in [3.8, 4) is 0 Å². The Morgan fingerprint density at radius 2 is 2.21 bits per heavy atom. The van der Waals surface area contributed by atoms with Gasteiger partial charge >= 0.3 is 0 Å². The Kier molecular flexibility index (Phi) is 4.96. The minimum Gasteiger partial charge on any atom is -0.207 e. The molecule has 3 heteroatoms. The van der Waals surface area contributed by atoms with Gasteiger partial charge in [0.15, 0.2) is 0 Å². The lowest BCUT2D eigenvalue weighted by Crippen LogP contribution is -1.94. The van der Waals surface area contributed by atoms with Crippen LogP contribution >= 0.6 is 27.7 Å². The van der Waals surface area contributed by atoms with Crippen LogP contribution in [0.4, 0.5) is 4.39 Å². The lowest BCUT2D eigenvalue weighted by molar-refractivity contribution is 0.626. The molecule has 0 aromatic heterocycles. The minimum atomic E-state index is -0.186. The molecule has 0 N–H and O–H groups in total. The average molecular weight is 277 g/mol. The van der Waals surface area contributed by atoms with E-state index >= 15 is 0 Å². The molecule has 1 aromatic rings. The summed E-state index contributed by atoms with van der Waals surface area (Å²) < 4.78 is 13.6. The smallest absolute Gasteiger partial charge is 0.124 e. The largest absolute Gasteiger partial charge is 0.207 e. The Morgan fingerprint density at radius 1 is 1.50 bits per heavy atom. The lowest BCUT2D eigenvalue weighted by Gasteiger charge is -2.09. The molecule has 0 aliphatic rings. The molecule has 0 heterocycles. The van der Waals surface area contributed by atoms with Crippen LogP contribution in [0.15, 0.2) is 22.7 Å². The number of hydrogen-bond acceptors (Lipinski definition) is 1. The maximum absolute atomic E-state index is 12.8. The zero-order valence-electron chi connectivity index (χ0n) is 8.39. The van der Waals surface area contributed by atoms with Gasteiger partial charge in [-0.05, 0) is 24.1 Å². The first-order valence-electron chi connectivity index (χ1n) is 4.69. The van der Waals surface area contributed by atoms with Crippen LogP contribution in [-0.4, -0.2) is 5.25 Å². The molecule has 14 heavy (non-hydrogen) atoms. The third kappa shape index (κ3) is 3.62.